The summed E-state index contributed by atoms with van der Waals surface area (Å²) in [7, 11) is 0. The van der Waals surface area contributed by atoms with Crippen LogP contribution < -0.4 is 5.32 Å². The van der Waals surface area contributed by atoms with Gasteiger partial charge in [0.1, 0.15) is 5.60 Å². The summed E-state index contributed by atoms with van der Waals surface area (Å²) in [5.41, 5.74) is 0.384. The SMILES string of the molecule is CC(C)(C)OC(=O)C1(Cc2ccccc2)CNC1. The molecule has 1 saturated heterocycles. The van der Waals surface area contributed by atoms with Crippen LogP contribution in [0.2, 0.25) is 0 Å². The molecule has 18 heavy (non-hydrogen) atoms. The van der Waals surface area contributed by atoms with Crippen LogP contribution in [0.5, 0.6) is 0 Å². The van der Waals surface area contributed by atoms with Crippen molar-refractivity contribution in [1.82, 2.24) is 5.32 Å². The number of carbonyl (C=O) groups is 1. The number of esters is 1. The van der Waals surface area contributed by atoms with Crippen LogP contribution >= 0.6 is 0 Å². The number of nitrogens with one attached hydrogen (secondary N) is 1. The van der Waals surface area contributed by atoms with E-state index in [0.717, 1.165) is 6.42 Å². The fourth-order valence-corrected chi connectivity index (χ4v) is 2.14. The largest absolute Gasteiger partial charge is 0.459 e. The number of hydrogen-bond acceptors (Lipinski definition) is 3. The second kappa shape index (κ2) is 4.73. The smallest absolute Gasteiger partial charge is 0.315 e. The first-order valence-corrected chi connectivity index (χ1v) is 6.39. The summed E-state index contributed by atoms with van der Waals surface area (Å²) in [6, 6.07) is 10.1. The zero-order chi connectivity index (χ0) is 13.2. The minimum absolute atomic E-state index is 0.0856. The Labute approximate surface area is 109 Å². The maximum atomic E-state index is 12.3. The topological polar surface area (TPSA) is 38.3 Å². The van der Waals surface area contributed by atoms with Crippen LogP contribution in [0.25, 0.3) is 0 Å². The van der Waals surface area contributed by atoms with Gasteiger partial charge in [-0.2, -0.15) is 0 Å². The van der Waals surface area contributed by atoms with Crippen molar-refractivity contribution in [2.24, 2.45) is 5.41 Å². The molecule has 1 fully saturated rings. The Morgan fingerprint density at radius 1 is 1.28 bits per heavy atom. The van der Waals surface area contributed by atoms with Crippen molar-refractivity contribution < 1.29 is 9.53 Å². The predicted octanol–water partition coefficient (Wildman–Crippen LogP) is 2.16. The van der Waals surface area contributed by atoms with Crippen molar-refractivity contribution in [3.8, 4) is 0 Å². The number of rotatable bonds is 3. The summed E-state index contributed by atoms with van der Waals surface area (Å²) in [5.74, 6) is -0.0856. The van der Waals surface area contributed by atoms with Crippen LogP contribution in [0.4, 0.5) is 0 Å². The van der Waals surface area contributed by atoms with Gasteiger partial charge in [-0.05, 0) is 32.8 Å². The average Bonchev–Trinajstić information content (AvgIpc) is 2.22. The van der Waals surface area contributed by atoms with Gasteiger partial charge in [0, 0.05) is 13.1 Å². The van der Waals surface area contributed by atoms with Crippen molar-refractivity contribution in [3.63, 3.8) is 0 Å². The summed E-state index contributed by atoms with van der Waals surface area (Å²) in [5, 5.41) is 3.19. The molecule has 1 aliphatic rings. The Kier molecular flexibility index (Phi) is 3.44. The minimum atomic E-state index is -0.420. The molecule has 1 aliphatic heterocycles. The molecule has 1 heterocycles. The van der Waals surface area contributed by atoms with Crippen LogP contribution in [-0.2, 0) is 16.0 Å². The maximum absolute atomic E-state index is 12.3. The van der Waals surface area contributed by atoms with Gasteiger partial charge >= 0.3 is 5.97 Å². The van der Waals surface area contributed by atoms with Gasteiger partial charge in [-0.3, -0.25) is 4.79 Å². The average molecular weight is 247 g/mol. The molecule has 1 N–H and O–H groups in total. The van der Waals surface area contributed by atoms with Crippen LogP contribution in [-0.4, -0.2) is 24.7 Å². The molecule has 98 valence electrons. The van der Waals surface area contributed by atoms with Gasteiger partial charge in [0.2, 0.25) is 0 Å². The molecular formula is C15H21NO2. The fourth-order valence-electron chi connectivity index (χ4n) is 2.14. The molecule has 0 amide bonds. The highest BCUT2D eigenvalue weighted by Gasteiger charge is 2.46. The zero-order valence-electron chi connectivity index (χ0n) is 11.3. The molecule has 0 aromatic heterocycles. The van der Waals surface area contributed by atoms with Gasteiger partial charge < -0.3 is 10.1 Å². The molecule has 0 saturated carbocycles. The lowest BCUT2D eigenvalue weighted by molar-refractivity contribution is -0.171. The lowest BCUT2D eigenvalue weighted by Crippen LogP contribution is -2.60. The number of ether oxygens (including phenoxy) is 1. The summed E-state index contributed by atoms with van der Waals surface area (Å²) < 4.78 is 5.54. The van der Waals surface area contributed by atoms with Gasteiger partial charge in [0.25, 0.3) is 0 Å². The van der Waals surface area contributed by atoms with E-state index in [0.29, 0.717) is 13.1 Å². The number of hydrogen-bond donors (Lipinski definition) is 1. The monoisotopic (exact) mass is 247 g/mol. The third-order valence-corrected chi connectivity index (χ3v) is 3.14. The normalized spacial score (nSPS) is 17.9. The maximum Gasteiger partial charge on any atom is 0.315 e. The number of carbonyl (C=O) groups excluding carboxylic acids is 1. The van der Waals surface area contributed by atoms with E-state index in [1.54, 1.807) is 0 Å². The standard InChI is InChI=1S/C15H21NO2/c1-14(2,3)18-13(17)15(10-16-11-15)9-12-7-5-4-6-8-12/h4-8,16H,9-11H2,1-3H3. The van der Waals surface area contributed by atoms with E-state index in [2.05, 4.69) is 17.4 Å². The van der Waals surface area contributed by atoms with Crippen LogP contribution in [0.1, 0.15) is 26.3 Å². The molecule has 1 aromatic carbocycles. The number of benzene rings is 1. The van der Waals surface area contributed by atoms with Gasteiger partial charge in [0.05, 0.1) is 5.41 Å². The van der Waals surface area contributed by atoms with Crippen LogP contribution in [0.15, 0.2) is 30.3 Å². The fraction of sp³-hybridized carbons (Fsp3) is 0.533. The first-order valence-electron chi connectivity index (χ1n) is 6.39. The molecule has 0 bridgehead atoms. The first kappa shape index (κ1) is 13.1. The van der Waals surface area contributed by atoms with Crippen LogP contribution in [0.3, 0.4) is 0 Å². The molecule has 0 spiro atoms. The van der Waals surface area contributed by atoms with Crippen molar-refractivity contribution in [2.45, 2.75) is 32.8 Å². The molecule has 3 nitrogen and oxygen atoms in total. The minimum Gasteiger partial charge on any atom is -0.459 e. The van der Waals surface area contributed by atoms with E-state index < -0.39 is 5.60 Å². The Morgan fingerprint density at radius 2 is 1.89 bits per heavy atom. The molecule has 2 rings (SSSR count). The highest BCUT2D eigenvalue weighted by molar-refractivity contribution is 5.79. The summed E-state index contributed by atoms with van der Waals surface area (Å²) in [6.07, 6.45) is 0.746. The van der Waals surface area contributed by atoms with E-state index in [9.17, 15) is 4.79 Å². The van der Waals surface area contributed by atoms with Crippen molar-refractivity contribution in [2.75, 3.05) is 13.1 Å². The molecule has 0 radical (unpaired) electrons. The third-order valence-electron chi connectivity index (χ3n) is 3.14. The van der Waals surface area contributed by atoms with Gasteiger partial charge in [0.15, 0.2) is 0 Å². The third kappa shape index (κ3) is 2.91. The van der Waals surface area contributed by atoms with Crippen molar-refractivity contribution >= 4 is 5.97 Å². The van der Waals surface area contributed by atoms with Crippen LogP contribution in [0, 0.1) is 5.41 Å². The molecule has 1 aromatic rings. The van der Waals surface area contributed by atoms with E-state index >= 15 is 0 Å². The second-order valence-corrected chi connectivity index (χ2v) is 6.05. The molecular weight excluding hydrogens is 226 g/mol. The summed E-state index contributed by atoms with van der Waals surface area (Å²) >= 11 is 0. The Morgan fingerprint density at radius 3 is 2.33 bits per heavy atom. The lowest BCUT2D eigenvalue weighted by atomic mass is 9.76. The quantitative estimate of drug-likeness (QED) is 0.832. The highest BCUT2D eigenvalue weighted by Crippen LogP contribution is 2.31. The first-order chi connectivity index (χ1) is 8.41. The Hall–Kier alpha value is -1.35. The molecule has 0 aliphatic carbocycles. The van der Waals surface area contributed by atoms with E-state index in [-0.39, 0.29) is 11.4 Å². The second-order valence-electron chi connectivity index (χ2n) is 6.05. The van der Waals surface area contributed by atoms with Gasteiger partial charge in [-0.1, -0.05) is 30.3 Å². The van der Waals surface area contributed by atoms with E-state index in [1.165, 1.54) is 5.56 Å². The Balaban J connectivity index is 2.09. The zero-order valence-corrected chi connectivity index (χ0v) is 11.3. The van der Waals surface area contributed by atoms with E-state index in [4.69, 9.17) is 4.74 Å². The molecule has 0 unspecified atom stereocenters. The highest BCUT2D eigenvalue weighted by atomic mass is 16.6. The summed E-state index contributed by atoms with van der Waals surface area (Å²) in [4.78, 5) is 12.3. The lowest BCUT2D eigenvalue weighted by Gasteiger charge is -2.41. The molecule has 0 atom stereocenters. The summed E-state index contributed by atoms with van der Waals surface area (Å²) in [6.45, 7) is 7.14. The molecule has 3 heteroatoms. The van der Waals surface area contributed by atoms with Crippen molar-refractivity contribution in [3.05, 3.63) is 35.9 Å². The predicted molar refractivity (Wildman–Crippen MR) is 71.3 cm³/mol. The van der Waals surface area contributed by atoms with Gasteiger partial charge in [-0.15, -0.1) is 0 Å². The van der Waals surface area contributed by atoms with Gasteiger partial charge in [-0.25, -0.2) is 0 Å². The van der Waals surface area contributed by atoms with Crippen molar-refractivity contribution in [1.29, 1.82) is 0 Å². The Bertz CT molecular complexity index is 416. The van der Waals surface area contributed by atoms with E-state index in [1.807, 2.05) is 39.0 Å².